The Morgan fingerprint density at radius 2 is 2.20 bits per heavy atom. The topological polar surface area (TPSA) is 20.2 Å². The summed E-state index contributed by atoms with van der Waals surface area (Å²) in [5.74, 6) is 1.27. The third kappa shape index (κ3) is 1.60. The van der Waals surface area contributed by atoms with Crippen LogP contribution in [-0.2, 0) is 0 Å². The molecule has 0 aromatic rings. The van der Waals surface area contributed by atoms with Gasteiger partial charge in [0.05, 0.1) is 6.10 Å². The number of allylic oxidation sites excluding steroid dienone is 1. The lowest BCUT2D eigenvalue weighted by Gasteiger charge is -2.29. The molecule has 0 aromatic heterocycles. The minimum atomic E-state index is -0.0498. The first-order valence-corrected chi connectivity index (χ1v) is 4.04. The fourth-order valence-electron chi connectivity index (χ4n) is 1.74. The number of aliphatic hydroxyl groups excluding tert-OH is 1. The van der Waals surface area contributed by atoms with Crippen LogP contribution in [0.4, 0.5) is 0 Å². The van der Waals surface area contributed by atoms with Crippen molar-refractivity contribution < 1.29 is 5.11 Å². The van der Waals surface area contributed by atoms with Gasteiger partial charge in [-0.3, -0.25) is 0 Å². The second-order valence-electron chi connectivity index (χ2n) is 3.34. The van der Waals surface area contributed by atoms with Crippen LogP contribution in [0.25, 0.3) is 0 Å². The van der Waals surface area contributed by atoms with Crippen molar-refractivity contribution in [2.24, 2.45) is 11.8 Å². The van der Waals surface area contributed by atoms with E-state index in [-0.39, 0.29) is 6.10 Å². The molecule has 0 bridgehead atoms. The molecule has 0 radical (unpaired) electrons. The first-order valence-electron chi connectivity index (χ1n) is 4.04. The van der Waals surface area contributed by atoms with Gasteiger partial charge in [0.25, 0.3) is 0 Å². The van der Waals surface area contributed by atoms with Crippen LogP contribution >= 0.6 is 0 Å². The normalized spacial score (nSPS) is 41.2. The Kier molecular flexibility index (Phi) is 2.50. The van der Waals surface area contributed by atoms with Gasteiger partial charge in [0.2, 0.25) is 0 Å². The molecule has 0 saturated heterocycles. The van der Waals surface area contributed by atoms with E-state index in [1.807, 2.05) is 6.08 Å². The van der Waals surface area contributed by atoms with Crippen LogP contribution in [0.1, 0.15) is 26.2 Å². The molecule has 1 rings (SSSR count). The molecule has 1 aliphatic carbocycles. The van der Waals surface area contributed by atoms with Crippen molar-refractivity contribution in [1.29, 1.82) is 0 Å². The standard InChI is InChI=1S/C9H16O/c1-3-8-4-5-9(10)6-7(8)2/h3,7-10H,1,4-6H2,2H3. The lowest BCUT2D eigenvalue weighted by atomic mass is 9.79. The van der Waals surface area contributed by atoms with Gasteiger partial charge < -0.3 is 5.11 Å². The van der Waals surface area contributed by atoms with Gasteiger partial charge in [0.15, 0.2) is 0 Å². The molecule has 3 unspecified atom stereocenters. The van der Waals surface area contributed by atoms with E-state index >= 15 is 0 Å². The Morgan fingerprint density at radius 3 is 2.70 bits per heavy atom. The van der Waals surface area contributed by atoms with Gasteiger partial charge in [-0.2, -0.15) is 0 Å². The fourth-order valence-corrected chi connectivity index (χ4v) is 1.74. The maximum atomic E-state index is 9.26. The second kappa shape index (κ2) is 3.20. The van der Waals surface area contributed by atoms with E-state index in [9.17, 15) is 5.11 Å². The summed E-state index contributed by atoms with van der Waals surface area (Å²) in [6, 6.07) is 0. The number of aliphatic hydroxyl groups is 1. The highest BCUT2D eigenvalue weighted by Gasteiger charge is 2.23. The van der Waals surface area contributed by atoms with Crippen LogP contribution in [-0.4, -0.2) is 11.2 Å². The highest BCUT2D eigenvalue weighted by molar-refractivity contribution is 4.87. The molecule has 1 aliphatic rings. The summed E-state index contributed by atoms with van der Waals surface area (Å²) < 4.78 is 0. The number of hydrogen-bond acceptors (Lipinski definition) is 1. The predicted octanol–water partition coefficient (Wildman–Crippen LogP) is 1.97. The van der Waals surface area contributed by atoms with Crippen molar-refractivity contribution in [3.63, 3.8) is 0 Å². The molecule has 1 N–H and O–H groups in total. The SMILES string of the molecule is C=CC1CCC(O)CC1C. The van der Waals surface area contributed by atoms with Crippen LogP contribution in [0.2, 0.25) is 0 Å². The summed E-state index contributed by atoms with van der Waals surface area (Å²) in [5, 5.41) is 9.26. The van der Waals surface area contributed by atoms with Crippen LogP contribution in [0.15, 0.2) is 12.7 Å². The first-order chi connectivity index (χ1) is 4.74. The lowest BCUT2D eigenvalue weighted by Crippen LogP contribution is -2.24. The summed E-state index contributed by atoms with van der Waals surface area (Å²) in [5.41, 5.74) is 0. The Balaban J connectivity index is 2.43. The molecule has 0 amide bonds. The van der Waals surface area contributed by atoms with Gasteiger partial charge in [0.1, 0.15) is 0 Å². The van der Waals surface area contributed by atoms with Gasteiger partial charge in [-0.05, 0) is 31.1 Å². The average Bonchev–Trinajstić information content (AvgIpc) is 1.88. The Bertz CT molecular complexity index is 120. The van der Waals surface area contributed by atoms with Crippen molar-refractivity contribution in [3.8, 4) is 0 Å². The van der Waals surface area contributed by atoms with E-state index in [0.29, 0.717) is 11.8 Å². The van der Waals surface area contributed by atoms with Crippen LogP contribution in [0.5, 0.6) is 0 Å². The molecule has 1 fully saturated rings. The first kappa shape index (κ1) is 7.80. The van der Waals surface area contributed by atoms with Crippen molar-refractivity contribution in [2.45, 2.75) is 32.3 Å². The lowest BCUT2D eigenvalue weighted by molar-refractivity contribution is 0.0882. The minimum Gasteiger partial charge on any atom is -0.393 e. The molecule has 1 saturated carbocycles. The monoisotopic (exact) mass is 140 g/mol. The van der Waals surface area contributed by atoms with E-state index in [2.05, 4.69) is 13.5 Å². The predicted molar refractivity (Wildman–Crippen MR) is 42.7 cm³/mol. The summed E-state index contributed by atoms with van der Waals surface area (Å²) in [7, 11) is 0. The molecular weight excluding hydrogens is 124 g/mol. The highest BCUT2D eigenvalue weighted by Crippen LogP contribution is 2.30. The molecule has 1 nitrogen and oxygen atoms in total. The van der Waals surface area contributed by atoms with Crippen LogP contribution in [0.3, 0.4) is 0 Å². The van der Waals surface area contributed by atoms with Crippen LogP contribution in [0, 0.1) is 11.8 Å². The van der Waals surface area contributed by atoms with Crippen molar-refractivity contribution in [2.75, 3.05) is 0 Å². The van der Waals surface area contributed by atoms with E-state index in [0.717, 1.165) is 19.3 Å². The quantitative estimate of drug-likeness (QED) is 0.552. The van der Waals surface area contributed by atoms with E-state index in [1.54, 1.807) is 0 Å². The number of rotatable bonds is 1. The molecule has 1 heteroatoms. The maximum absolute atomic E-state index is 9.26. The maximum Gasteiger partial charge on any atom is 0.0543 e. The average molecular weight is 140 g/mol. The summed E-state index contributed by atoms with van der Waals surface area (Å²) >= 11 is 0. The minimum absolute atomic E-state index is 0.0498. The molecule has 0 heterocycles. The van der Waals surface area contributed by atoms with Gasteiger partial charge in [-0.1, -0.05) is 13.0 Å². The Hall–Kier alpha value is -0.300. The Morgan fingerprint density at radius 1 is 1.50 bits per heavy atom. The number of hydrogen-bond donors (Lipinski definition) is 1. The smallest absolute Gasteiger partial charge is 0.0543 e. The summed E-state index contributed by atoms with van der Waals surface area (Å²) in [6.07, 6.45) is 5.01. The zero-order valence-corrected chi connectivity index (χ0v) is 6.59. The van der Waals surface area contributed by atoms with Gasteiger partial charge in [0, 0.05) is 0 Å². The largest absolute Gasteiger partial charge is 0.393 e. The molecule has 58 valence electrons. The van der Waals surface area contributed by atoms with Crippen molar-refractivity contribution in [1.82, 2.24) is 0 Å². The summed E-state index contributed by atoms with van der Waals surface area (Å²) in [6.45, 7) is 5.97. The van der Waals surface area contributed by atoms with E-state index in [4.69, 9.17) is 0 Å². The molecule has 10 heavy (non-hydrogen) atoms. The van der Waals surface area contributed by atoms with E-state index in [1.165, 1.54) is 0 Å². The molecule has 0 aromatic carbocycles. The van der Waals surface area contributed by atoms with Crippen molar-refractivity contribution in [3.05, 3.63) is 12.7 Å². The molecule has 3 atom stereocenters. The Labute approximate surface area is 62.8 Å². The van der Waals surface area contributed by atoms with Gasteiger partial charge in [-0.25, -0.2) is 0 Å². The second-order valence-corrected chi connectivity index (χ2v) is 3.34. The zero-order chi connectivity index (χ0) is 7.56. The highest BCUT2D eigenvalue weighted by atomic mass is 16.3. The molecular formula is C9H16O. The van der Waals surface area contributed by atoms with Crippen molar-refractivity contribution >= 4 is 0 Å². The third-order valence-corrected chi connectivity index (χ3v) is 2.51. The van der Waals surface area contributed by atoms with E-state index < -0.39 is 0 Å². The molecule has 0 spiro atoms. The zero-order valence-electron chi connectivity index (χ0n) is 6.59. The summed E-state index contributed by atoms with van der Waals surface area (Å²) in [4.78, 5) is 0. The van der Waals surface area contributed by atoms with Gasteiger partial charge >= 0.3 is 0 Å². The molecule has 0 aliphatic heterocycles. The third-order valence-electron chi connectivity index (χ3n) is 2.51. The fraction of sp³-hybridized carbons (Fsp3) is 0.778. The van der Waals surface area contributed by atoms with Crippen LogP contribution < -0.4 is 0 Å². The van der Waals surface area contributed by atoms with Gasteiger partial charge in [-0.15, -0.1) is 6.58 Å².